The predicted molar refractivity (Wildman–Crippen MR) is 185 cm³/mol. The third-order valence-electron chi connectivity index (χ3n) is 9.09. The Morgan fingerprint density at radius 2 is 1.80 bits per heavy atom. The second kappa shape index (κ2) is 14.4. The number of carbonyl (C=O) groups excluding carboxylic acids is 1. The SMILES string of the molecule is C=CC[C@@]1(COCC[Si](C)(C)C)C[C@H](c2cccc(Cl)c2)[C@@H](c2ccc(Cl)cc2)N([C@@H](CC)CN(C)S(=O)(=O)C2CC2)C1=O. The molecule has 0 N–H and O–H groups in total. The maximum Gasteiger partial charge on any atom is 0.232 e. The van der Waals surface area contributed by atoms with Crippen LogP contribution in [0.3, 0.4) is 0 Å². The maximum atomic E-state index is 15.1. The van der Waals surface area contributed by atoms with Crippen molar-refractivity contribution in [3.8, 4) is 0 Å². The van der Waals surface area contributed by atoms with Gasteiger partial charge in [-0.2, -0.15) is 0 Å². The highest BCUT2D eigenvalue weighted by molar-refractivity contribution is 7.90. The molecule has 242 valence electrons. The van der Waals surface area contributed by atoms with Crippen molar-refractivity contribution in [2.75, 3.05) is 26.8 Å². The maximum absolute atomic E-state index is 15.1. The topological polar surface area (TPSA) is 66.9 Å². The fourth-order valence-electron chi connectivity index (χ4n) is 6.40. The quantitative estimate of drug-likeness (QED) is 0.108. The van der Waals surface area contributed by atoms with Gasteiger partial charge in [-0.3, -0.25) is 4.79 Å². The Kier molecular flexibility index (Phi) is 11.5. The highest BCUT2D eigenvalue weighted by Crippen LogP contribution is 2.53. The second-order valence-electron chi connectivity index (χ2n) is 13.8. The van der Waals surface area contributed by atoms with Crippen LogP contribution in [0.15, 0.2) is 61.2 Å². The Labute approximate surface area is 275 Å². The molecule has 0 radical (unpaired) electrons. The van der Waals surface area contributed by atoms with Crippen LogP contribution in [0.2, 0.25) is 35.7 Å². The summed E-state index contributed by atoms with van der Waals surface area (Å²) in [6.45, 7) is 14.1. The van der Waals surface area contributed by atoms with Gasteiger partial charge in [0.1, 0.15) is 0 Å². The lowest BCUT2D eigenvalue weighted by Gasteiger charge is -2.53. The molecule has 0 spiro atoms. The number of likely N-dealkylation sites (N-methyl/N-ethyl adjacent to an activating group) is 1. The molecule has 1 aliphatic carbocycles. The lowest BCUT2D eigenvalue weighted by Crippen LogP contribution is -2.59. The van der Waals surface area contributed by atoms with Crippen LogP contribution < -0.4 is 0 Å². The number of sulfonamides is 1. The Morgan fingerprint density at radius 1 is 1.11 bits per heavy atom. The number of benzene rings is 2. The number of nitrogens with zero attached hydrogens (tertiary/aromatic N) is 2. The summed E-state index contributed by atoms with van der Waals surface area (Å²) in [5, 5.41) is 0.914. The van der Waals surface area contributed by atoms with Gasteiger partial charge in [0.15, 0.2) is 0 Å². The molecular weight excluding hydrogens is 631 g/mol. The van der Waals surface area contributed by atoms with E-state index in [9.17, 15) is 8.42 Å². The van der Waals surface area contributed by atoms with Gasteiger partial charge in [0.2, 0.25) is 15.9 Å². The number of rotatable bonds is 15. The number of hydrogen-bond donors (Lipinski definition) is 0. The molecule has 1 heterocycles. The zero-order chi connectivity index (χ0) is 32.3. The normalized spacial score (nSPS) is 23.6. The van der Waals surface area contributed by atoms with Crippen LogP contribution in [-0.2, 0) is 19.6 Å². The first-order chi connectivity index (χ1) is 20.7. The van der Waals surface area contributed by atoms with E-state index >= 15 is 4.79 Å². The molecule has 1 aliphatic heterocycles. The van der Waals surface area contributed by atoms with E-state index in [-0.39, 0.29) is 42.3 Å². The summed E-state index contributed by atoms with van der Waals surface area (Å²) in [6.07, 6.45) is 4.78. The van der Waals surface area contributed by atoms with E-state index in [0.717, 1.165) is 17.2 Å². The van der Waals surface area contributed by atoms with E-state index in [2.05, 4.69) is 32.3 Å². The van der Waals surface area contributed by atoms with Gasteiger partial charge >= 0.3 is 0 Å². The largest absolute Gasteiger partial charge is 0.381 e. The number of hydrogen-bond acceptors (Lipinski definition) is 4. The molecule has 6 nitrogen and oxygen atoms in total. The van der Waals surface area contributed by atoms with Crippen LogP contribution in [0.1, 0.15) is 62.1 Å². The lowest BCUT2D eigenvalue weighted by molar-refractivity contribution is -0.161. The Hall–Kier alpha value is -1.68. The van der Waals surface area contributed by atoms with Gasteiger partial charge in [0, 0.05) is 50.3 Å². The van der Waals surface area contributed by atoms with Crippen molar-refractivity contribution in [1.82, 2.24) is 9.21 Å². The summed E-state index contributed by atoms with van der Waals surface area (Å²) >= 11 is 12.9. The van der Waals surface area contributed by atoms with Crippen LogP contribution in [0, 0.1) is 5.41 Å². The summed E-state index contributed by atoms with van der Waals surface area (Å²) in [5.41, 5.74) is 1.11. The molecule has 2 fully saturated rings. The van der Waals surface area contributed by atoms with Gasteiger partial charge < -0.3 is 9.64 Å². The molecular formula is C34H48Cl2N2O4SSi. The Morgan fingerprint density at radius 3 is 2.36 bits per heavy atom. The molecule has 44 heavy (non-hydrogen) atoms. The van der Waals surface area contributed by atoms with Crippen LogP contribution >= 0.6 is 23.2 Å². The summed E-state index contributed by atoms with van der Waals surface area (Å²) in [5.74, 6) is -0.153. The first-order valence-corrected chi connectivity index (χ1v) is 21.7. The van der Waals surface area contributed by atoms with Crippen molar-refractivity contribution >= 4 is 47.2 Å². The molecule has 10 heteroatoms. The summed E-state index contributed by atoms with van der Waals surface area (Å²) in [4.78, 5) is 17.1. The molecule has 0 unspecified atom stereocenters. The Balaban J connectivity index is 1.85. The average Bonchev–Trinajstić information content (AvgIpc) is 3.82. The number of amides is 1. The van der Waals surface area contributed by atoms with E-state index in [1.807, 2.05) is 60.4 Å². The fourth-order valence-corrected chi connectivity index (χ4v) is 9.11. The van der Waals surface area contributed by atoms with Crippen molar-refractivity contribution in [3.63, 3.8) is 0 Å². The molecule has 0 bridgehead atoms. The number of halogens is 2. The number of ether oxygens (including phenoxy) is 1. The molecule has 1 saturated carbocycles. The third kappa shape index (κ3) is 8.17. The van der Waals surface area contributed by atoms with Crippen LogP contribution in [0.25, 0.3) is 0 Å². The van der Waals surface area contributed by atoms with E-state index in [4.69, 9.17) is 27.9 Å². The van der Waals surface area contributed by atoms with Gasteiger partial charge in [-0.15, -0.1) is 6.58 Å². The van der Waals surface area contributed by atoms with Gasteiger partial charge in [0.05, 0.1) is 23.3 Å². The van der Waals surface area contributed by atoms with Gasteiger partial charge in [-0.25, -0.2) is 12.7 Å². The minimum absolute atomic E-state index is 0.0206. The number of piperidine rings is 1. The van der Waals surface area contributed by atoms with E-state index < -0.39 is 23.5 Å². The number of allylic oxidation sites excluding steroid dienone is 1. The van der Waals surface area contributed by atoms with Crippen LogP contribution in [0.4, 0.5) is 0 Å². The third-order valence-corrected chi connectivity index (χ3v) is 13.6. The molecule has 2 aromatic rings. The fraction of sp³-hybridized carbons (Fsp3) is 0.559. The van der Waals surface area contributed by atoms with Gasteiger partial charge in [0.25, 0.3) is 0 Å². The lowest BCUT2D eigenvalue weighted by atomic mass is 9.66. The molecule has 2 aliphatic rings. The first kappa shape index (κ1) is 35.2. The molecule has 1 amide bonds. The van der Waals surface area contributed by atoms with Crippen molar-refractivity contribution < 1.29 is 17.9 Å². The first-order valence-electron chi connectivity index (χ1n) is 15.7. The van der Waals surface area contributed by atoms with Crippen LogP contribution in [-0.4, -0.2) is 69.7 Å². The smallest absolute Gasteiger partial charge is 0.232 e. The zero-order valence-electron chi connectivity index (χ0n) is 26.8. The van der Waals surface area contributed by atoms with Crippen molar-refractivity contribution in [2.45, 2.75) is 88.0 Å². The summed E-state index contributed by atoms with van der Waals surface area (Å²) in [6, 6.07) is 15.8. The monoisotopic (exact) mass is 678 g/mol. The molecule has 0 aromatic heterocycles. The minimum Gasteiger partial charge on any atom is -0.381 e. The van der Waals surface area contributed by atoms with E-state index in [1.165, 1.54) is 4.31 Å². The summed E-state index contributed by atoms with van der Waals surface area (Å²) in [7, 11) is -3.13. The predicted octanol–water partition coefficient (Wildman–Crippen LogP) is 8.17. The second-order valence-corrected chi connectivity index (χ2v) is 22.6. The van der Waals surface area contributed by atoms with Gasteiger partial charge in [-0.1, -0.05) is 80.1 Å². The molecule has 4 atom stereocenters. The van der Waals surface area contributed by atoms with Crippen molar-refractivity contribution in [1.29, 1.82) is 0 Å². The molecule has 2 aromatic carbocycles. The van der Waals surface area contributed by atoms with E-state index in [0.29, 0.717) is 48.8 Å². The standard InChI is InChI=1S/C34H48Cl2N2O4SSi/c1-7-18-34(24-42-19-20-44(4,5)6)22-31(26-10-9-11-28(36)21-26)32(25-12-14-27(35)15-13-25)38(33(34)39)29(8-2)23-37(3)43(40,41)30-16-17-30/h7,9-15,21,29-32H,1,8,16-20,22-24H2,2-6H3/t29-,31+,32+,34-/m0/s1. The minimum atomic E-state index is -3.43. The van der Waals surface area contributed by atoms with Crippen LogP contribution in [0.5, 0.6) is 0 Å². The van der Waals surface area contributed by atoms with E-state index in [1.54, 1.807) is 7.05 Å². The van der Waals surface area contributed by atoms with Crippen molar-refractivity contribution in [2.24, 2.45) is 5.41 Å². The zero-order valence-corrected chi connectivity index (χ0v) is 30.1. The highest BCUT2D eigenvalue weighted by Gasteiger charge is 2.54. The van der Waals surface area contributed by atoms with Gasteiger partial charge in [-0.05, 0) is 73.5 Å². The molecule has 1 saturated heterocycles. The highest BCUT2D eigenvalue weighted by atomic mass is 35.5. The van der Waals surface area contributed by atoms with Crippen molar-refractivity contribution in [3.05, 3.63) is 82.4 Å². The molecule has 4 rings (SSSR count). The number of carbonyl (C=O) groups is 1. The Bertz CT molecular complexity index is 1410. The number of likely N-dealkylation sites (tertiary alicyclic amines) is 1. The average molecular weight is 680 g/mol. The summed E-state index contributed by atoms with van der Waals surface area (Å²) < 4.78 is 34.4.